The van der Waals surface area contributed by atoms with E-state index >= 15 is 0 Å². The number of hydrogen-bond donors (Lipinski definition) is 1. The number of ether oxygens (including phenoxy) is 2. The monoisotopic (exact) mass is 213 g/mol. The molecule has 0 aromatic heterocycles. The molecule has 4 unspecified atom stereocenters. The maximum Gasteiger partial charge on any atom is 0.0616 e. The number of rotatable bonds is 3. The Morgan fingerprint density at radius 2 is 2.20 bits per heavy atom. The second-order valence-corrected chi connectivity index (χ2v) is 4.82. The molecular weight excluding hydrogens is 190 g/mol. The van der Waals surface area contributed by atoms with Gasteiger partial charge in [0.2, 0.25) is 0 Å². The molecule has 2 fully saturated rings. The molecule has 2 saturated heterocycles. The summed E-state index contributed by atoms with van der Waals surface area (Å²) in [5, 5.41) is 0. The van der Waals surface area contributed by atoms with Crippen molar-refractivity contribution in [3.8, 4) is 0 Å². The Kier molecular flexibility index (Phi) is 4.00. The van der Waals surface area contributed by atoms with Crippen molar-refractivity contribution in [2.45, 2.75) is 44.8 Å². The summed E-state index contributed by atoms with van der Waals surface area (Å²) in [7, 11) is 0. The smallest absolute Gasteiger partial charge is 0.0616 e. The Labute approximate surface area is 92.3 Å². The molecule has 15 heavy (non-hydrogen) atoms. The van der Waals surface area contributed by atoms with Gasteiger partial charge in [-0.15, -0.1) is 0 Å². The average molecular weight is 213 g/mol. The Morgan fingerprint density at radius 3 is 2.87 bits per heavy atom. The van der Waals surface area contributed by atoms with Crippen LogP contribution in [0.2, 0.25) is 0 Å². The van der Waals surface area contributed by atoms with Crippen molar-refractivity contribution in [1.29, 1.82) is 0 Å². The molecule has 3 nitrogen and oxygen atoms in total. The largest absolute Gasteiger partial charge is 0.381 e. The van der Waals surface area contributed by atoms with Gasteiger partial charge in [0, 0.05) is 25.2 Å². The second-order valence-electron chi connectivity index (χ2n) is 4.82. The molecule has 2 heterocycles. The quantitative estimate of drug-likeness (QED) is 0.773. The fourth-order valence-corrected chi connectivity index (χ4v) is 2.94. The molecule has 2 N–H and O–H groups in total. The maximum absolute atomic E-state index is 6.36. The second kappa shape index (κ2) is 5.28. The van der Waals surface area contributed by atoms with Gasteiger partial charge < -0.3 is 15.2 Å². The minimum Gasteiger partial charge on any atom is -0.381 e. The molecule has 0 amide bonds. The Morgan fingerprint density at radius 1 is 1.33 bits per heavy atom. The van der Waals surface area contributed by atoms with E-state index in [4.69, 9.17) is 15.2 Å². The molecule has 88 valence electrons. The zero-order valence-corrected chi connectivity index (χ0v) is 9.65. The van der Waals surface area contributed by atoms with E-state index in [9.17, 15) is 0 Å². The number of nitrogens with two attached hydrogens (primary N) is 1. The van der Waals surface area contributed by atoms with E-state index in [1.165, 1.54) is 12.8 Å². The predicted octanol–water partition coefficient (Wildman–Crippen LogP) is 1.56. The van der Waals surface area contributed by atoms with Gasteiger partial charge in [-0.3, -0.25) is 0 Å². The zero-order chi connectivity index (χ0) is 10.7. The first kappa shape index (κ1) is 11.4. The van der Waals surface area contributed by atoms with Gasteiger partial charge >= 0.3 is 0 Å². The van der Waals surface area contributed by atoms with Crippen LogP contribution in [0, 0.1) is 11.8 Å². The average Bonchev–Trinajstić information content (AvgIpc) is 2.77. The zero-order valence-electron chi connectivity index (χ0n) is 9.65. The van der Waals surface area contributed by atoms with Gasteiger partial charge in [-0.05, 0) is 31.6 Å². The van der Waals surface area contributed by atoms with Gasteiger partial charge in [-0.2, -0.15) is 0 Å². The molecule has 2 aliphatic heterocycles. The van der Waals surface area contributed by atoms with Crippen LogP contribution in [0.1, 0.15) is 32.6 Å². The molecule has 0 aromatic carbocycles. The van der Waals surface area contributed by atoms with Crippen LogP contribution in [-0.4, -0.2) is 32.0 Å². The van der Waals surface area contributed by atoms with E-state index in [-0.39, 0.29) is 6.04 Å². The highest BCUT2D eigenvalue weighted by molar-refractivity contribution is 4.88. The fraction of sp³-hybridized carbons (Fsp3) is 1.00. The lowest BCUT2D eigenvalue weighted by atomic mass is 9.81. The molecule has 2 rings (SSSR count). The molecule has 0 saturated carbocycles. The highest BCUT2D eigenvalue weighted by Crippen LogP contribution is 2.31. The van der Waals surface area contributed by atoms with Crippen LogP contribution in [0.3, 0.4) is 0 Å². The van der Waals surface area contributed by atoms with Crippen LogP contribution < -0.4 is 5.73 Å². The normalized spacial score (nSPS) is 39.2. The molecular formula is C12H23NO2. The van der Waals surface area contributed by atoms with E-state index in [0.29, 0.717) is 17.9 Å². The standard InChI is InChI=1S/C12H23NO2/c1-2-11-10(5-7-15-11)12(13)9-4-3-6-14-8-9/h9-12H,2-8,13H2,1H3. The summed E-state index contributed by atoms with van der Waals surface area (Å²) >= 11 is 0. The van der Waals surface area contributed by atoms with Crippen molar-refractivity contribution in [2.75, 3.05) is 19.8 Å². The highest BCUT2D eigenvalue weighted by Gasteiger charge is 2.36. The first-order valence-electron chi connectivity index (χ1n) is 6.28. The summed E-state index contributed by atoms with van der Waals surface area (Å²) in [4.78, 5) is 0. The Balaban J connectivity index is 1.90. The lowest BCUT2D eigenvalue weighted by Crippen LogP contribution is -2.44. The third kappa shape index (κ3) is 2.52. The molecule has 3 heteroatoms. The van der Waals surface area contributed by atoms with Crippen LogP contribution in [0.4, 0.5) is 0 Å². The van der Waals surface area contributed by atoms with E-state index in [2.05, 4.69) is 6.92 Å². The van der Waals surface area contributed by atoms with E-state index in [0.717, 1.165) is 32.7 Å². The summed E-state index contributed by atoms with van der Waals surface area (Å²) in [5.74, 6) is 1.11. The van der Waals surface area contributed by atoms with E-state index in [1.807, 2.05) is 0 Å². The number of hydrogen-bond acceptors (Lipinski definition) is 3. The Bertz CT molecular complexity index is 192. The molecule has 0 aromatic rings. The summed E-state index contributed by atoms with van der Waals surface area (Å²) < 4.78 is 11.2. The van der Waals surface area contributed by atoms with Crippen molar-refractivity contribution in [3.05, 3.63) is 0 Å². The third-order valence-electron chi connectivity index (χ3n) is 3.90. The van der Waals surface area contributed by atoms with Crippen molar-refractivity contribution in [2.24, 2.45) is 17.6 Å². The molecule has 0 radical (unpaired) electrons. The molecule has 0 aliphatic carbocycles. The van der Waals surface area contributed by atoms with Crippen LogP contribution in [0.15, 0.2) is 0 Å². The molecule has 4 atom stereocenters. The summed E-state index contributed by atoms with van der Waals surface area (Å²) in [6.07, 6.45) is 5.01. The minimum absolute atomic E-state index is 0.276. The van der Waals surface area contributed by atoms with Crippen LogP contribution >= 0.6 is 0 Å². The fourth-order valence-electron chi connectivity index (χ4n) is 2.94. The lowest BCUT2D eigenvalue weighted by molar-refractivity contribution is 0.0217. The topological polar surface area (TPSA) is 44.5 Å². The van der Waals surface area contributed by atoms with Gasteiger partial charge in [0.1, 0.15) is 0 Å². The van der Waals surface area contributed by atoms with Gasteiger partial charge in [-0.1, -0.05) is 6.92 Å². The first-order chi connectivity index (χ1) is 7.33. The van der Waals surface area contributed by atoms with Crippen LogP contribution in [0.25, 0.3) is 0 Å². The SMILES string of the molecule is CCC1OCCC1C(N)C1CCCOC1. The summed E-state index contributed by atoms with van der Waals surface area (Å²) in [5.41, 5.74) is 6.36. The van der Waals surface area contributed by atoms with Crippen LogP contribution in [-0.2, 0) is 9.47 Å². The first-order valence-corrected chi connectivity index (χ1v) is 6.28. The van der Waals surface area contributed by atoms with Crippen molar-refractivity contribution >= 4 is 0 Å². The summed E-state index contributed by atoms with van der Waals surface area (Å²) in [6, 6.07) is 0.276. The van der Waals surface area contributed by atoms with Gasteiger partial charge in [0.05, 0.1) is 12.7 Å². The molecule has 0 bridgehead atoms. The van der Waals surface area contributed by atoms with Crippen molar-refractivity contribution < 1.29 is 9.47 Å². The van der Waals surface area contributed by atoms with Gasteiger partial charge in [-0.25, -0.2) is 0 Å². The lowest BCUT2D eigenvalue weighted by Gasteiger charge is -2.33. The minimum atomic E-state index is 0.276. The van der Waals surface area contributed by atoms with E-state index in [1.54, 1.807) is 0 Å². The van der Waals surface area contributed by atoms with Crippen molar-refractivity contribution in [3.63, 3.8) is 0 Å². The predicted molar refractivity (Wildman–Crippen MR) is 59.7 cm³/mol. The van der Waals surface area contributed by atoms with Crippen molar-refractivity contribution in [1.82, 2.24) is 0 Å². The van der Waals surface area contributed by atoms with Crippen LogP contribution in [0.5, 0.6) is 0 Å². The molecule has 0 spiro atoms. The highest BCUT2D eigenvalue weighted by atomic mass is 16.5. The third-order valence-corrected chi connectivity index (χ3v) is 3.90. The van der Waals surface area contributed by atoms with Gasteiger partial charge in [0.25, 0.3) is 0 Å². The Hall–Kier alpha value is -0.120. The molecule has 2 aliphatic rings. The summed E-state index contributed by atoms with van der Waals surface area (Å²) in [6.45, 7) is 4.85. The van der Waals surface area contributed by atoms with Gasteiger partial charge in [0.15, 0.2) is 0 Å². The maximum atomic E-state index is 6.36. The van der Waals surface area contributed by atoms with E-state index < -0.39 is 0 Å².